The third-order valence-corrected chi connectivity index (χ3v) is 6.20. The zero-order valence-electron chi connectivity index (χ0n) is 17.3. The molecule has 2 N–H and O–H groups in total. The van der Waals surface area contributed by atoms with Crippen molar-refractivity contribution in [1.82, 2.24) is 5.32 Å². The topological polar surface area (TPSA) is 92.3 Å². The summed E-state index contributed by atoms with van der Waals surface area (Å²) in [7, 11) is -4.73. The van der Waals surface area contributed by atoms with E-state index in [-0.39, 0.29) is 5.56 Å². The van der Waals surface area contributed by atoms with Gasteiger partial charge in [-0.1, -0.05) is 12.1 Å². The van der Waals surface area contributed by atoms with Crippen LogP contribution in [0.15, 0.2) is 77.7 Å². The summed E-state index contributed by atoms with van der Waals surface area (Å²) in [5.41, 5.74) is 1.63. The molecule has 3 aromatic carbocycles. The van der Waals surface area contributed by atoms with Gasteiger partial charge in [0, 0.05) is 16.8 Å². The van der Waals surface area contributed by atoms with Crippen molar-refractivity contribution in [1.29, 1.82) is 0 Å². The fraction of sp³-hybridized carbons (Fsp3) is 0.130. The van der Waals surface area contributed by atoms with Gasteiger partial charge in [0.05, 0.1) is 10.9 Å². The first-order valence-electron chi connectivity index (χ1n) is 9.68. The van der Waals surface area contributed by atoms with Crippen molar-refractivity contribution >= 4 is 27.3 Å². The summed E-state index contributed by atoms with van der Waals surface area (Å²) >= 11 is 0. The Kier molecular flexibility index (Phi) is 7.17. The van der Waals surface area contributed by atoms with Crippen molar-refractivity contribution in [3.05, 3.63) is 95.3 Å². The van der Waals surface area contributed by atoms with E-state index in [1.807, 2.05) is 0 Å². The highest BCUT2D eigenvalue weighted by molar-refractivity contribution is 7.91. The van der Waals surface area contributed by atoms with Gasteiger partial charge in [0.2, 0.25) is 9.84 Å². The van der Waals surface area contributed by atoms with E-state index in [0.29, 0.717) is 11.3 Å². The van der Waals surface area contributed by atoms with Gasteiger partial charge in [-0.3, -0.25) is 9.59 Å². The lowest BCUT2D eigenvalue weighted by Crippen LogP contribution is -2.26. The molecule has 172 valence electrons. The van der Waals surface area contributed by atoms with E-state index in [9.17, 15) is 31.2 Å². The zero-order valence-corrected chi connectivity index (χ0v) is 18.1. The number of sulfone groups is 1. The lowest BCUT2D eigenvalue weighted by Gasteiger charge is -2.15. The lowest BCUT2D eigenvalue weighted by atomic mass is 10.1. The molecule has 6 nitrogen and oxygen atoms in total. The van der Waals surface area contributed by atoms with Gasteiger partial charge in [-0.05, 0) is 73.2 Å². The van der Waals surface area contributed by atoms with E-state index < -0.39 is 44.2 Å². The number of halogens is 3. The minimum absolute atomic E-state index is 0.109. The fourth-order valence-corrected chi connectivity index (χ4v) is 3.64. The number of anilines is 1. The molecular formula is C23H19F3N2O4S. The maximum atomic E-state index is 13.0. The molecule has 0 fully saturated rings. The maximum Gasteiger partial charge on any atom is 0.341 e. The van der Waals surface area contributed by atoms with Crippen LogP contribution in [0.2, 0.25) is 0 Å². The molecule has 33 heavy (non-hydrogen) atoms. The number of benzene rings is 3. The predicted molar refractivity (Wildman–Crippen MR) is 116 cm³/mol. The molecule has 10 heteroatoms. The van der Waals surface area contributed by atoms with Gasteiger partial charge in [0.15, 0.2) is 0 Å². The van der Waals surface area contributed by atoms with Crippen LogP contribution >= 0.6 is 0 Å². The number of carbonyl (C=O) groups excluding carboxylic acids is 2. The Balaban J connectivity index is 1.62. The predicted octanol–water partition coefficient (Wildman–Crippen LogP) is 4.57. The van der Waals surface area contributed by atoms with Gasteiger partial charge in [-0.25, -0.2) is 12.8 Å². The Morgan fingerprint density at radius 1 is 0.788 bits per heavy atom. The van der Waals surface area contributed by atoms with Gasteiger partial charge >= 0.3 is 5.76 Å². The molecule has 3 rings (SSSR count). The minimum Gasteiger partial charge on any atom is -0.346 e. The highest BCUT2D eigenvalue weighted by Gasteiger charge is 2.26. The monoisotopic (exact) mass is 476 g/mol. The van der Waals surface area contributed by atoms with Gasteiger partial charge < -0.3 is 10.6 Å². The Bertz CT molecular complexity index is 1240. The van der Waals surface area contributed by atoms with Gasteiger partial charge in [-0.15, -0.1) is 0 Å². The number of rotatable bonds is 7. The maximum absolute atomic E-state index is 13.0. The summed E-state index contributed by atoms with van der Waals surface area (Å²) < 4.78 is 61.1. The van der Waals surface area contributed by atoms with E-state index in [0.717, 1.165) is 29.8 Å². The van der Waals surface area contributed by atoms with Gasteiger partial charge in [-0.2, -0.15) is 8.78 Å². The van der Waals surface area contributed by atoms with Crippen LogP contribution in [0.1, 0.15) is 39.2 Å². The molecule has 3 aromatic rings. The third kappa shape index (κ3) is 5.78. The number of nitrogens with one attached hydrogen (secondary N) is 2. The first-order chi connectivity index (χ1) is 15.6. The average molecular weight is 476 g/mol. The molecular weight excluding hydrogens is 457 g/mol. The number of carbonyl (C=O) groups is 2. The average Bonchev–Trinajstić information content (AvgIpc) is 2.79. The highest BCUT2D eigenvalue weighted by Crippen LogP contribution is 2.20. The first-order valence-corrected chi connectivity index (χ1v) is 11.2. The summed E-state index contributed by atoms with van der Waals surface area (Å²) in [5.74, 6) is -4.90. The van der Waals surface area contributed by atoms with Crippen LogP contribution in [0.4, 0.5) is 18.9 Å². The SMILES string of the molecule is C[C@H](NC(=O)c1ccc(S(=O)(=O)C(F)F)cc1)c1ccc(NC(=O)c2ccc(F)cc2)cc1. The smallest absolute Gasteiger partial charge is 0.341 e. The van der Waals surface area contributed by atoms with Crippen molar-refractivity contribution in [3.63, 3.8) is 0 Å². The second-order valence-electron chi connectivity index (χ2n) is 7.11. The summed E-state index contributed by atoms with van der Waals surface area (Å²) in [6.07, 6.45) is 0. The first kappa shape index (κ1) is 24.0. The molecule has 1 atom stereocenters. The van der Waals surface area contributed by atoms with Crippen molar-refractivity contribution in [2.75, 3.05) is 5.32 Å². The van der Waals surface area contributed by atoms with Crippen LogP contribution < -0.4 is 10.6 Å². The molecule has 0 radical (unpaired) electrons. The van der Waals surface area contributed by atoms with E-state index in [1.54, 1.807) is 31.2 Å². The largest absolute Gasteiger partial charge is 0.346 e. The standard InChI is InChI=1S/C23H19F3N2O4S/c1-14(27-21(29)17-6-12-20(13-7-17)33(31,32)23(25)26)15-4-10-19(11-5-15)28-22(30)16-2-8-18(24)9-3-16/h2-14,23H,1H3,(H,27,29)(H,28,30)/t14-/m0/s1. The van der Waals surface area contributed by atoms with Crippen LogP contribution in [0.25, 0.3) is 0 Å². The van der Waals surface area contributed by atoms with Crippen LogP contribution in [0.5, 0.6) is 0 Å². The Labute approximate surface area is 188 Å². The normalized spacial score (nSPS) is 12.3. The Morgan fingerprint density at radius 3 is 1.85 bits per heavy atom. The van der Waals surface area contributed by atoms with Crippen molar-refractivity contribution in [2.24, 2.45) is 0 Å². The third-order valence-electron chi connectivity index (χ3n) is 4.80. The minimum atomic E-state index is -4.73. The highest BCUT2D eigenvalue weighted by atomic mass is 32.2. The molecule has 2 amide bonds. The van der Waals surface area contributed by atoms with Gasteiger partial charge in [0.1, 0.15) is 5.82 Å². The number of amides is 2. The summed E-state index contributed by atoms with van der Waals surface area (Å²) in [6, 6.07) is 15.6. The molecule has 0 unspecified atom stereocenters. The molecule has 0 bridgehead atoms. The molecule has 0 aliphatic rings. The van der Waals surface area contributed by atoms with Gasteiger partial charge in [0.25, 0.3) is 11.8 Å². The fourth-order valence-electron chi connectivity index (χ4n) is 2.92. The second-order valence-corrected chi connectivity index (χ2v) is 9.03. The quantitative estimate of drug-likeness (QED) is 0.523. The van der Waals surface area contributed by atoms with Crippen LogP contribution in [-0.2, 0) is 9.84 Å². The lowest BCUT2D eigenvalue weighted by molar-refractivity contribution is 0.0939. The molecule has 0 spiro atoms. The van der Waals surface area contributed by atoms with E-state index in [1.165, 1.54) is 24.3 Å². The van der Waals surface area contributed by atoms with E-state index >= 15 is 0 Å². The number of hydrogen-bond acceptors (Lipinski definition) is 4. The molecule has 0 saturated heterocycles. The summed E-state index contributed by atoms with van der Waals surface area (Å²) in [6.45, 7) is 1.72. The number of alkyl halides is 2. The summed E-state index contributed by atoms with van der Waals surface area (Å²) in [4.78, 5) is 24.1. The van der Waals surface area contributed by atoms with E-state index in [2.05, 4.69) is 10.6 Å². The number of hydrogen-bond donors (Lipinski definition) is 2. The molecule has 0 heterocycles. The summed E-state index contributed by atoms with van der Waals surface area (Å²) in [5, 5.41) is 5.41. The van der Waals surface area contributed by atoms with Crippen molar-refractivity contribution < 1.29 is 31.2 Å². The van der Waals surface area contributed by atoms with Crippen molar-refractivity contribution in [3.8, 4) is 0 Å². The Hall–Kier alpha value is -3.66. The van der Waals surface area contributed by atoms with E-state index in [4.69, 9.17) is 0 Å². The molecule has 0 aliphatic carbocycles. The Morgan fingerprint density at radius 2 is 1.30 bits per heavy atom. The molecule has 0 aromatic heterocycles. The van der Waals surface area contributed by atoms with Crippen LogP contribution in [0.3, 0.4) is 0 Å². The van der Waals surface area contributed by atoms with Crippen molar-refractivity contribution in [2.45, 2.75) is 23.6 Å². The molecule has 0 aliphatic heterocycles. The van der Waals surface area contributed by atoms with Crippen LogP contribution in [0, 0.1) is 5.82 Å². The molecule has 0 saturated carbocycles. The van der Waals surface area contributed by atoms with Crippen LogP contribution in [-0.4, -0.2) is 26.0 Å². The zero-order chi connectivity index (χ0) is 24.2. The second kappa shape index (κ2) is 9.86.